The van der Waals surface area contributed by atoms with E-state index in [0.29, 0.717) is 19.1 Å². The summed E-state index contributed by atoms with van der Waals surface area (Å²) in [5, 5.41) is 0. The van der Waals surface area contributed by atoms with Crippen molar-refractivity contribution >= 4 is 15.9 Å². The third-order valence-corrected chi connectivity index (χ3v) is 8.57. The fourth-order valence-electron chi connectivity index (χ4n) is 7.08. The molecule has 32 heavy (non-hydrogen) atoms. The van der Waals surface area contributed by atoms with Crippen LogP contribution in [0.3, 0.4) is 0 Å². The third kappa shape index (κ3) is 4.40. The summed E-state index contributed by atoms with van der Waals surface area (Å²) < 4.78 is 51.7. The maximum atomic E-state index is 15.4. The molecule has 2 atom stereocenters. The summed E-state index contributed by atoms with van der Waals surface area (Å²) in [6.07, 6.45) is 9.15. The highest BCUT2D eigenvalue weighted by molar-refractivity contribution is 7.89. The van der Waals surface area contributed by atoms with Crippen LogP contribution in [-0.2, 0) is 14.8 Å². The molecule has 0 aromatic heterocycles. The van der Waals surface area contributed by atoms with Gasteiger partial charge in [0.1, 0.15) is 0 Å². The Balaban J connectivity index is 1.40. The van der Waals surface area contributed by atoms with Crippen molar-refractivity contribution in [3.8, 4) is 5.75 Å². The van der Waals surface area contributed by atoms with Gasteiger partial charge in [0, 0.05) is 19.1 Å². The van der Waals surface area contributed by atoms with E-state index < -0.39 is 21.7 Å². The van der Waals surface area contributed by atoms with Crippen LogP contribution in [0.2, 0.25) is 0 Å². The average Bonchev–Trinajstić information content (AvgIpc) is 3.44. The SMILES string of the molecule is COCC1CC1c1cc(OCC23CC4CC(CC(C4)C2)C3)c(F)c(C(=O)NS(C)(=O)=O)c1. The van der Waals surface area contributed by atoms with Crippen LogP contribution in [0.25, 0.3) is 0 Å². The van der Waals surface area contributed by atoms with Gasteiger partial charge in [-0.15, -0.1) is 0 Å². The van der Waals surface area contributed by atoms with Gasteiger partial charge in [0.05, 0.1) is 18.4 Å². The van der Waals surface area contributed by atoms with Crippen LogP contribution in [0.15, 0.2) is 12.1 Å². The van der Waals surface area contributed by atoms with Crippen molar-refractivity contribution in [2.24, 2.45) is 29.1 Å². The van der Waals surface area contributed by atoms with Crippen molar-refractivity contribution in [2.45, 2.75) is 50.9 Å². The number of carbonyl (C=O) groups is 1. The van der Waals surface area contributed by atoms with Crippen LogP contribution in [0.5, 0.6) is 5.75 Å². The minimum atomic E-state index is -3.81. The Kier molecular flexibility index (Phi) is 5.52. The number of hydrogen-bond donors (Lipinski definition) is 1. The van der Waals surface area contributed by atoms with Crippen molar-refractivity contribution in [2.75, 3.05) is 26.6 Å². The number of benzene rings is 1. The minimum absolute atomic E-state index is 0.0555. The molecule has 5 saturated carbocycles. The first kappa shape index (κ1) is 22.1. The lowest BCUT2D eigenvalue weighted by atomic mass is 9.50. The summed E-state index contributed by atoms with van der Waals surface area (Å²) in [7, 11) is -2.16. The van der Waals surface area contributed by atoms with Crippen LogP contribution in [0.4, 0.5) is 4.39 Å². The molecule has 6 rings (SSSR count). The van der Waals surface area contributed by atoms with Gasteiger partial charge >= 0.3 is 0 Å². The molecule has 1 N–H and O–H groups in total. The molecule has 1 amide bonds. The molecule has 6 nitrogen and oxygen atoms in total. The van der Waals surface area contributed by atoms with E-state index in [1.165, 1.54) is 25.3 Å². The fraction of sp³-hybridized carbons (Fsp3) is 0.708. The van der Waals surface area contributed by atoms with Crippen LogP contribution < -0.4 is 9.46 Å². The zero-order valence-electron chi connectivity index (χ0n) is 18.7. The average molecular weight is 466 g/mol. The Morgan fingerprint density at radius 3 is 2.31 bits per heavy atom. The van der Waals surface area contributed by atoms with E-state index in [2.05, 4.69) is 0 Å². The molecule has 5 fully saturated rings. The highest BCUT2D eigenvalue weighted by atomic mass is 32.2. The lowest BCUT2D eigenvalue weighted by Gasteiger charge is -2.56. The van der Waals surface area contributed by atoms with Gasteiger partial charge in [-0.05, 0) is 92.2 Å². The molecule has 5 aliphatic rings. The van der Waals surface area contributed by atoms with Gasteiger partial charge in [-0.25, -0.2) is 17.5 Å². The molecule has 0 radical (unpaired) electrons. The van der Waals surface area contributed by atoms with E-state index in [0.717, 1.165) is 55.3 Å². The van der Waals surface area contributed by atoms with Crippen molar-refractivity contribution in [3.05, 3.63) is 29.1 Å². The maximum Gasteiger partial charge on any atom is 0.267 e. The van der Waals surface area contributed by atoms with Crippen molar-refractivity contribution in [3.63, 3.8) is 0 Å². The second kappa shape index (κ2) is 7.97. The number of nitrogens with one attached hydrogen (secondary N) is 1. The molecule has 0 heterocycles. The number of ether oxygens (including phenoxy) is 2. The Labute approximate surface area is 189 Å². The standard InChI is InChI=1S/C24H32FNO5S/c1-30-12-18-7-19(18)17-6-20(23(27)26-32(2,28)29)22(25)21(8-17)31-13-24-9-14-3-15(10-24)5-16(4-14)11-24/h6,8,14-16,18-19H,3-5,7,9-13H2,1-2H3,(H,26,27). The molecule has 0 aliphatic heterocycles. The second-order valence-corrected chi connectivity index (χ2v) is 12.6. The molecule has 176 valence electrons. The van der Waals surface area contributed by atoms with Crippen LogP contribution in [0, 0.1) is 34.9 Å². The predicted molar refractivity (Wildman–Crippen MR) is 118 cm³/mol. The first-order valence-electron chi connectivity index (χ1n) is 11.6. The summed E-state index contributed by atoms with van der Waals surface area (Å²) in [5.74, 6) is 1.06. The van der Waals surface area contributed by atoms with Gasteiger partial charge in [-0.3, -0.25) is 4.79 Å². The van der Waals surface area contributed by atoms with Crippen molar-refractivity contribution in [1.29, 1.82) is 0 Å². The molecule has 2 unspecified atom stereocenters. The second-order valence-electron chi connectivity index (χ2n) is 10.8. The first-order valence-corrected chi connectivity index (χ1v) is 13.5. The topological polar surface area (TPSA) is 81.7 Å². The number of halogens is 1. The zero-order valence-corrected chi connectivity index (χ0v) is 19.5. The third-order valence-electron chi connectivity index (χ3n) is 8.01. The summed E-state index contributed by atoms with van der Waals surface area (Å²) >= 11 is 0. The molecule has 0 saturated heterocycles. The van der Waals surface area contributed by atoms with E-state index >= 15 is 4.39 Å². The largest absolute Gasteiger partial charge is 0.490 e. The van der Waals surface area contributed by atoms with Crippen molar-refractivity contribution < 1.29 is 27.1 Å². The number of hydrogen-bond acceptors (Lipinski definition) is 5. The highest BCUT2D eigenvalue weighted by Crippen LogP contribution is 2.60. The Morgan fingerprint density at radius 1 is 1.12 bits per heavy atom. The Hall–Kier alpha value is -1.67. The van der Waals surface area contributed by atoms with E-state index in [-0.39, 0.29) is 22.6 Å². The van der Waals surface area contributed by atoms with Gasteiger partial charge in [0.25, 0.3) is 5.91 Å². The normalized spacial score (nSPS) is 35.0. The predicted octanol–water partition coefficient (Wildman–Crippen LogP) is 3.86. The quantitative estimate of drug-likeness (QED) is 0.631. The molecule has 5 aliphatic carbocycles. The van der Waals surface area contributed by atoms with Crippen molar-refractivity contribution in [1.82, 2.24) is 4.72 Å². The lowest BCUT2D eigenvalue weighted by molar-refractivity contribution is -0.0750. The number of methoxy groups -OCH3 is 1. The summed E-state index contributed by atoms with van der Waals surface area (Å²) in [4.78, 5) is 12.6. The fourth-order valence-corrected chi connectivity index (χ4v) is 7.53. The molecule has 0 spiro atoms. The number of carbonyl (C=O) groups excluding carboxylic acids is 1. The van der Waals surface area contributed by atoms with E-state index in [9.17, 15) is 13.2 Å². The maximum absolute atomic E-state index is 15.4. The van der Waals surface area contributed by atoms with Gasteiger partial charge in [0.15, 0.2) is 11.6 Å². The van der Waals surface area contributed by atoms with Crippen LogP contribution in [-0.4, -0.2) is 40.9 Å². The lowest BCUT2D eigenvalue weighted by Crippen LogP contribution is -2.48. The first-order chi connectivity index (χ1) is 15.1. The Morgan fingerprint density at radius 2 is 1.75 bits per heavy atom. The molecule has 4 bridgehead atoms. The number of rotatable bonds is 8. The number of sulfonamides is 1. The molecule has 8 heteroatoms. The molecular formula is C24H32FNO5S. The summed E-state index contributed by atoms with van der Waals surface area (Å²) in [5.41, 5.74) is 0.619. The van der Waals surface area contributed by atoms with E-state index in [1.54, 1.807) is 13.2 Å². The Bertz CT molecular complexity index is 988. The van der Waals surface area contributed by atoms with Crippen LogP contribution in [0.1, 0.15) is 66.8 Å². The van der Waals surface area contributed by atoms with E-state index in [4.69, 9.17) is 9.47 Å². The molecule has 1 aromatic rings. The number of amides is 1. The summed E-state index contributed by atoms with van der Waals surface area (Å²) in [6, 6.07) is 3.17. The van der Waals surface area contributed by atoms with E-state index in [1.807, 2.05) is 4.72 Å². The van der Waals surface area contributed by atoms with Gasteiger partial charge < -0.3 is 9.47 Å². The smallest absolute Gasteiger partial charge is 0.267 e. The van der Waals surface area contributed by atoms with Gasteiger partial charge in [-0.1, -0.05) is 0 Å². The monoisotopic (exact) mass is 465 g/mol. The van der Waals surface area contributed by atoms with Gasteiger partial charge in [0.2, 0.25) is 10.0 Å². The van der Waals surface area contributed by atoms with Crippen LogP contribution >= 0.6 is 0 Å². The highest BCUT2D eigenvalue weighted by Gasteiger charge is 2.51. The molecule has 1 aromatic carbocycles. The molecular weight excluding hydrogens is 433 g/mol. The zero-order chi connectivity index (χ0) is 22.7. The minimum Gasteiger partial charge on any atom is -0.490 e. The summed E-state index contributed by atoms with van der Waals surface area (Å²) in [6.45, 7) is 1.05. The van der Waals surface area contributed by atoms with Gasteiger partial charge in [-0.2, -0.15) is 0 Å².